The zero-order chi connectivity index (χ0) is 12.3. The van der Waals surface area contributed by atoms with Crippen LogP contribution in [0.2, 0.25) is 5.02 Å². The van der Waals surface area contributed by atoms with E-state index in [1.165, 1.54) is 6.07 Å². The molecule has 0 saturated heterocycles. The summed E-state index contributed by atoms with van der Waals surface area (Å²) >= 11 is 5.96. The maximum atomic E-state index is 10.5. The van der Waals surface area contributed by atoms with E-state index in [1.807, 2.05) is 13.8 Å². The number of hydrogen-bond donors (Lipinski definition) is 4. The lowest BCUT2D eigenvalue weighted by atomic mass is 10.2. The van der Waals surface area contributed by atoms with Gasteiger partial charge in [0.05, 0.1) is 22.1 Å². The van der Waals surface area contributed by atoms with Gasteiger partial charge in [0, 0.05) is 6.04 Å². The third kappa shape index (κ3) is 3.20. The van der Waals surface area contributed by atoms with E-state index < -0.39 is 6.09 Å². The fraction of sp³-hybridized carbons (Fsp3) is 0.300. The van der Waals surface area contributed by atoms with Crippen LogP contribution < -0.4 is 16.4 Å². The fourth-order valence-corrected chi connectivity index (χ4v) is 1.46. The molecule has 88 valence electrons. The number of halogens is 1. The average molecular weight is 244 g/mol. The van der Waals surface area contributed by atoms with Crippen molar-refractivity contribution in [2.75, 3.05) is 16.4 Å². The van der Waals surface area contributed by atoms with Crippen molar-refractivity contribution >= 4 is 34.8 Å². The van der Waals surface area contributed by atoms with E-state index in [9.17, 15) is 4.79 Å². The van der Waals surface area contributed by atoms with Gasteiger partial charge >= 0.3 is 6.09 Å². The van der Waals surface area contributed by atoms with Gasteiger partial charge in [0.2, 0.25) is 0 Å². The summed E-state index contributed by atoms with van der Waals surface area (Å²) in [6.07, 6.45) is -1.16. The number of amides is 1. The Balaban J connectivity index is 3.05. The molecule has 1 rings (SSSR count). The maximum Gasteiger partial charge on any atom is 0.409 e. The van der Waals surface area contributed by atoms with Crippen LogP contribution in [0.4, 0.5) is 21.9 Å². The molecule has 0 aromatic heterocycles. The van der Waals surface area contributed by atoms with Crippen LogP contribution in [0.3, 0.4) is 0 Å². The number of carboxylic acid groups (broad SMARTS) is 1. The third-order valence-corrected chi connectivity index (χ3v) is 2.14. The summed E-state index contributed by atoms with van der Waals surface area (Å²) in [5.74, 6) is 0. The molecule has 0 bridgehead atoms. The molecule has 1 aromatic carbocycles. The van der Waals surface area contributed by atoms with Gasteiger partial charge < -0.3 is 16.2 Å². The van der Waals surface area contributed by atoms with Crippen LogP contribution in [0.1, 0.15) is 13.8 Å². The predicted molar refractivity (Wildman–Crippen MR) is 66.3 cm³/mol. The van der Waals surface area contributed by atoms with Crippen LogP contribution in [-0.2, 0) is 0 Å². The number of nitrogen functional groups attached to an aromatic ring is 1. The van der Waals surface area contributed by atoms with Gasteiger partial charge in [-0.3, -0.25) is 5.32 Å². The number of nitrogens with two attached hydrogens (primary N) is 1. The third-order valence-electron chi connectivity index (χ3n) is 1.82. The molecule has 0 spiro atoms. The molecule has 0 aliphatic rings. The summed E-state index contributed by atoms with van der Waals surface area (Å²) in [5, 5.41) is 14.4. The summed E-state index contributed by atoms with van der Waals surface area (Å²) in [5.41, 5.74) is 6.89. The van der Waals surface area contributed by atoms with Gasteiger partial charge in [0.15, 0.2) is 0 Å². The molecular weight excluding hydrogens is 230 g/mol. The van der Waals surface area contributed by atoms with Crippen molar-refractivity contribution in [1.82, 2.24) is 0 Å². The van der Waals surface area contributed by atoms with E-state index in [1.54, 1.807) is 6.07 Å². The largest absolute Gasteiger partial charge is 0.465 e. The second-order valence-corrected chi connectivity index (χ2v) is 4.06. The van der Waals surface area contributed by atoms with Crippen LogP contribution in [0.5, 0.6) is 0 Å². The molecule has 0 atom stereocenters. The molecule has 6 heteroatoms. The summed E-state index contributed by atoms with van der Waals surface area (Å²) in [6.45, 7) is 3.91. The number of anilines is 3. The molecule has 0 radical (unpaired) electrons. The van der Waals surface area contributed by atoms with E-state index in [0.717, 1.165) is 0 Å². The highest BCUT2D eigenvalue weighted by atomic mass is 35.5. The summed E-state index contributed by atoms with van der Waals surface area (Å²) in [6, 6.07) is 3.28. The van der Waals surface area contributed by atoms with Crippen LogP contribution in [-0.4, -0.2) is 17.2 Å². The maximum absolute atomic E-state index is 10.5. The Morgan fingerprint density at radius 2 is 2.06 bits per heavy atom. The predicted octanol–water partition coefficient (Wildman–Crippen LogP) is 2.83. The molecule has 5 nitrogen and oxygen atoms in total. The molecule has 0 fully saturated rings. The van der Waals surface area contributed by atoms with Crippen molar-refractivity contribution in [3.63, 3.8) is 0 Å². The number of hydrogen-bond acceptors (Lipinski definition) is 3. The lowest BCUT2D eigenvalue weighted by Gasteiger charge is -2.14. The van der Waals surface area contributed by atoms with Crippen molar-refractivity contribution in [3.8, 4) is 0 Å². The van der Waals surface area contributed by atoms with Crippen LogP contribution in [0.25, 0.3) is 0 Å². The second-order valence-electron chi connectivity index (χ2n) is 3.65. The van der Waals surface area contributed by atoms with Gasteiger partial charge in [-0.05, 0) is 26.0 Å². The number of carbonyl (C=O) groups is 1. The molecule has 16 heavy (non-hydrogen) atoms. The Hall–Kier alpha value is -1.62. The van der Waals surface area contributed by atoms with Crippen molar-refractivity contribution < 1.29 is 9.90 Å². The normalized spacial score (nSPS) is 10.2. The van der Waals surface area contributed by atoms with E-state index in [4.69, 9.17) is 22.4 Å². The molecular formula is C10H14ClN3O2. The number of nitrogens with one attached hydrogen (secondary N) is 2. The van der Waals surface area contributed by atoms with Crippen molar-refractivity contribution in [3.05, 3.63) is 17.2 Å². The van der Waals surface area contributed by atoms with Crippen molar-refractivity contribution in [2.45, 2.75) is 19.9 Å². The van der Waals surface area contributed by atoms with Crippen LogP contribution in [0.15, 0.2) is 12.1 Å². The van der Waals surface area contributed by atoms with Gasteiger partial charge in [-0.1, -0.05) is 11.6 Å². The number of benzene rings is 1. The Morgan fingerprint density at radius 3 is 2.56 bits per heavy atom. The van der Waals surface area contributed by atoms with Gasteiger partial charge in [0.25, 0.3) is 0 Å². The summed E-state index contributed by atoms with van der Waals surface area (Å²) < 4.78 is 0. The number of rotatable bonds is 3. The van der Waals surface area contributed by atoms with E-state index >= 15 is 0 Å². The summed E-state index contributed by atoms with van der Waals surface area (Å²) in [4.78, 5) is 10.5. The topological polar surface area (TPSA) is 87.4 Å². The minimum Gasteiger partial charge on any atom is -0.465 e. The quantitative estimate of drug-likeness (QED) is 0.615. The standard InChI is InChI=1S/C10H14ClN3O2/c1-5(2)13-8-4-9(14-10(15)16)7(12)3-6(8)11/h3-5,13-14H,12H2,1-2H3,(H,15,16). The van der Waals surface area contributed by atoms with E-state index in [2.05, 4.69) is 10.6 Å². The van der Waals surface area contributed by atoms with Gasteiger partial charge in [0.1, 0.15) is 0 Å². The molecule has 0 aliphatic heterocycles. The minimum atomic E-state index is -1.16. The Kier molecular flexibility index (Phi) is 3.84. The smallest absolute Gasteiger partial charge is 0.409 e. The molecule has 0 unspecified atom stereocenters. The zero-order valence-corrected chi connectivity index (χ0v) is 9.80. The first-order valence-electron chi connectivity index (χ1n) is 4.75. The minimum absolute atomic E-state index is 0.193. The van der Waals surface area contributed by atoms with Crippen molar-refractivity contribution in [1.29, 1.82) is 0 Å². The highest BCUT2D eigenvalue weighted by Crippen LogP contribution is 2.31. The lowest BCUT2D eigenvalue weighted by Crippen LogP contribution is -2.13. The average Bonchev–Trinajstić information content (AvgIpc) is 2.11. The lowest BCUT2D eigenvalue weighted by molar-refractivity contribution is 0.210. The highest BCUT2D eigenvalue weighted by molar-refractivity contribution is 6.33. The monoisotopic (exact) mass is 243 g/mol. The first kappa shape index (κ1) is 12.4. The Bertz CT molecular complexity index is 407. The summed E-state index contributed by atoms with van der Waals surface area (Å²) in [7, 11) is 0. The molecule has 1 amide bonds. The van der Waals surface area contributed by atoms with Crippen molar-refractivity contribution in [2.24, 2.45) is 0 Å². The van der Waals surface area contributed by atoms with Gasteiger partial charge in [-0.2, -0.15) is 0 Å². The van der Waals surface area contributed by atoms with Crippen LogP contribution >= 0.6 is 11.6 Å². The second kappa shape index (κ2) is 4.94. The van der Waals surface area contributed by atoms with Crippen LogP contribution in [0, 0.1) is 0 Å². The van der Waals surface area contributed by atoms with E-state index in [-0.39, 0.29) is 6.04 Å². The first-order valence-corrected chi connectivity index (χ1v) is 5.13. The van der Waals surface area contributed by atoms with Gasteiger partial charge in [-0.15, -0.1) is 0 Å². The fourth-order valence-electron chi connectivity index (χ4n) is 1.23. The van der Waals surface area contributed by atoms with Gasteiger partial charge in [-0.25, -0.2) is 4.79 Å². The molecule has 5 N–H and O–H groups in total. The molecule has 1 aromatic rings. The molecule has 0 saturated carbocycles. The Morgan fingerprint density at radius 1 is 1.44 bits per heavy atom. The Labute approximate surface area is 98.6 Å². The first-order chi connectivity index (χ1) is 7.40. The zero-order valence-electron chi connectivity index (χ0n) is 9.04. The highest BCUT2D eigenvalue weighted by Gasteiger charge is 2.09. The van der Waals surface area contributed by atoms with E-state index in [0.29, 0.717) is 22.1 Å². The molecule has 0 heterocycles. The SMILES string of the molecule is CC(C)Nc1cc(NC(=O)O)c(N)cc1Cl. The molecule has 0 aliphatic carbocycles.